The average Bonchev–Trinajstić information content (AvgIpc) is 2.94. The highest BCUT2D eigenvalue weighted by atomic mass is 28.4. The maximum Gasteiger partial charge on any atom is 0.350 e. The van der Waals surface area contributed by atoms with E-state index in [2.05, 4.69) is 53.7 Å². The third-order valence-electron chi connectivity index (χ3n) is 6.53. The minimum atomic E-state index is -2.37. The molecule has 0 radical (unpaired) electrons. The van der Waals surface area contributed by atoms with Gasteiger partial charge in [0.25, 0.3) is 0 Å². The van der Waals surface area contributed by atoms with Gasteiger partial charge in [-0.15, -0.1) is 0 Å². The van der Waals surface area contributed by atoms with Gasteiger partial charge in [-0.25, -0.2) is 0 Å². The monoisotopic (exact) mass is 358 g/mol. The molecule has 0 aromatic heterocycles. The summed E-state index contributed by atoms with van der Waals surface area (Å²) >= 11 is 0. The first-order valence-corrected chi connectivity index (χ1v) is 11.9. The van der Waals surface area contributed by atoms with Gasteiger partial charge in [0.2, 0.25) is 0 Å². The second-order valence-corrected chi connectivity index (χ2v) is 15.1. The largest absolute Gasteiger partial charge is 0.387 e. The molecule has 0 bridgehead atoms. The quantitative estimate of drug-likeness (QED) is 0.529. The van der Waals surface area contributed by atoms with Crippen LogP contribution in [0.4, 0.5) is 0 Å². The first-order chi connectivity index (χ1) is 11.6. The number of benzene rings is 1. The Morgan fingerprint density at radius 1 is 0.800 bits per heavy atom. The van der Waals surface area contributed by atoms with E-state index in [1.807, 2.05) is 0 Å². The molecule has 1 aliphatic heterocycles. The van der Waals surface area contributed by atoms with Crippen molar-refractivity contribution in [2.24, 2.45) is 0 Å². The molecule has 0 amide bonds. The van der Waals surface area contributed by atoms with Crippen LogP contribution in [0.1, 0.15) is 89.2 Å². The van der Waals surface area contributed by atoms with Gasteiger partial charge < -0.3 is 8.85 Å². The fourth-order valence-electron chi connectivity index (χ4n) is 5.50. The van der Waals surface area contributed by atoms with Gasteiger partial charge in [0.05, 0.1) is 12.2 Å². The van der Waals surface area contributed by atoms with Crippen LogP contribution < -0.4 is 0 Å². The molecule has 138 valence electrons. The smallest absolute Gasteiger partial charge is 0.350 e. The van der Waals surface area contributed by atoms with E-state index < -0.39 is 8.56 Å². The summed E-state index contributed by atoms with van der Waals surface area (Å²) in [6, 6.07) is 4.99. The zero-order chi connectivity index (χ0) is 18.0. The summed E-state index contributed by atoms with van der Waals surface area (Å²) in [5, 5.41) is 0.133. The van der Waals surface area contributed by atoms with Gasteiger partial charge in [-0.2, -0.15) is 0 Å². The molecule has 4 rings (SSSR count). The summed E-state index contributed by atoms with van der Waals surface area (Å²) in [5.74, 6) is 0. The van der Waals surface area contributed by atoms with Crippen LogP contribution in [0.2, 0.25) is 10.1 Å². The van der Waals surface area contributed by atoms with Crippen LogP contribution >= 0.6 is 0 Å². The topological polar surface area (TPSA) is 18.5 Å². The Morgan fingerprint density at radius 2 is 1.40 bits per heavy atom. The van der Waals surface area contributed by atoms with E-state index in [1.54, 1.807) is 11.1 Å². The normalized spacial score (nSPS) is 28.2. The summed E-state index contributed by atoms with van der Waals surface area (Å²) in [6.07, 6.45) is 7.84. The molecular formula is C22H34O2Si. The third kappa shape index (κ3) is 2.65. The highest BCUT2D eigenvalue weighted by Crippen LogP contribution is 2.60. The Bertz CT molecular complexity index is 666. The molecular weight excluding hydrogens is 324 g/mol. The highest BCUT2D eigenvalue weighted by Gasteiger charge is 2.65. The SMILES string of the molecule is CC(C)(C)[Si]1(C(C)(C)C)O[C@H]2CCc3cc4c(cc3[C@H]2O1)CCCC4. The molecule has 1 heterocycles. The van der Waals surface area contributed by atoms with Crippen LogP contribution in [0.5, 0.6) is 0 Å². The number of rotatable bonds is 0. The standard InChI is InChI=1S/C22H34O2Si/c1-21(2,3)25(22(4,5)6)23-19-12-11-17-13-15-9-7-8-10-16(15)14-18(17)20(19)24-25/h13-14,19-20H,7-12H2,1-6H3/t19-,20+/m0/s1. The molecule has 1 saturated heterocycles. The number of fused-ring (bicyclic) bond motifs is 4. The zero-order valence-corrected chi connectivity index (χ0v) is 17.9. The predicted molar refractivity (Wildman–Crippen MR) is 105 cm³/mol. The Hall–Kier alpha value is -0.643. The molecule has 1 fully saturated rings. The Morgan fingerprint density at radius 3 is 2.00 bits per heavy atom. The molecule has 25 heavy (non-hydrogen) atoms. The van der Waals surface area contributed by atoms with Crippen molar-refractivity contribution in [3.05, 3.63) is 34.4 Å². The minimum Gasteiger partial charge on any atom is -0.387 e. The van der Waals surface area contributed by atoms with E-state index in [4.69, 9.17) is 8.85 Å². The van der Waals surface area contributed by atoms with Crippen molar-refractivity contribution in [2.45, 2.75) is 102 Å². The second kappa shape index (κ2) is 5.67. The van der Waals surface area contributed by atoms with Crippen molar-refractivity contribution in [2.75, 3.05) is 0 Å². The predicted octanol–water partition coefficient (Wildman–Crippen LogP) is 6.01. The fourth-order valence-corrected chi connectivity index (χ4v) is 10.5. The molecule has 0 saturated carbocycles. The maximum absolute atomic E-state index is 7.02. The van der Waals surface area contributed by atoms with Crippen LogP contribution in [0.15, 0.2) is 12.1 Å². The Kier molecular flexibility index (Phi) is 4.03. The molecule has 1 aromatic rings. The van der Waals surface area contributed by atoms with Crippen LogP contribution in [-0.4, -0.2) is 14.7 Å². The number of aryl methyl sites for hydroxylation is 3. The van der Waals surface area contributed by atoms with Gasteiger partial charge in [-0.1, -0.05) is 53.7 Å². The molecule has 1 aromatic carbocycles. The zero-order valence-electron chi connectivity index (χ0n) is 16.9. The molecule has 3 heteroatoms. The summed E-state index contributed by atoms with van der Waals surface area (Å²) in [4.78, 5) is 0. The molecule has 0 spiro atoms. The van der Waals surface area contributed by atoms with E-state index in [-0.39, 0.29) is 22.3 Å². The number of hydrogen-bond donors (Lipinski definition) is 0. The first kappa shape index (κ1) is 17.8. The van der Waals surface area contributed by atoms with Gasteiger partial charge in [0.15, 0.2) is 0 Å². The molecule has 0 N–H and O–H groups in total. The highest BCUT2D eigenvalue weighted by molar-refractivity contribution is 6.74. The summed E-state index contributed by atoms with van der Waals surface area (Å²) in [6.45, 7) is 13.9. The lowest BCUT2D eigenvalue weighted by molar-refractivity contribution is 0.138. The molecule has 2 nitrogen and oxygen atoms in total. The Balaban J connectivity index is 1.76. The number of hydrogen-bond acceptors (Lipinski definition) is 2. The van der Waals surface area contributed by atoms with Gasteiger partial charge in [0, 0.05) is 10.1 Å². The van der Waals surface area contributed by atoms with Crippen molar-refractivity contribution in [1.29, 1.82) is 0 Å². The third-order valence-corrected chi connectivity index (χ3v) is 11.7. The fraction of sp³-hybridized carbons (Fsp3) is 0.727. The minimum absolute atomic E-state index is 0.0664. The van der Waals surface area contributed by atoms with E-state index in [0.717, 1.165) is 12.8 Å². The van der Waals surface area contributed by atoms with Gasteiger partial charge in [0.1, 0.15) is 0 Å². The van der Waals surface area contributed by atoms with Gasteiger partial charge in [-0.05, 0) is 60.8 Å². The van der Waals surface area contributed by atoms with Crippen LogP contribution in [0, 0.1) is 0 Å². The van der Waals surface area contributed by atoms with Crippen molar-refractivity contribution in [3.8, 4) is 0 Å². The van der Waals surface area contributed by atoms with E-state index in [9.17, 15) is 0 Å². The van der Waals surface area contributed by atoms with Crippen LogP contribution in [0.25, 0.3) is 0 Å². The average molecular weight is 359 g/mol. The second-order valence-electron chi connectivity index (χ2n) is 10.4. The van der Waals surface area contributed by atoms with Crippen molar-refractivity contribution >= 4 is 8.56 Å². The molecule has 2 aliphatic carbocycles. The molecule has 2 atom stereocenters. The van der Waals surface area contributed by atoms with Crippen molar-refractivity contribution in [1.82, 2.24) is 0 Å². The van der Waals surface area contributed by atoms with E-state index >= 15 is 0 Å². The van der Waals surface area contributed by atoms with Crippen LogP contribution in [0.3, 0.4) is 0 Å². The molecule has 3 aliphatic rings. The van der Waals surface area contributed by atoms with E-state index in [0.29, 0.717) is 0 Å². The summed E-state index contributed by atoms with van der Waals surface area (Å²) < 4.78 is 13.9. The summed E-state index contributed by atoms with van der Waals surface area (Å²) in [5.41, 5.74) is 6.13. The summed E-state index contributed by atoms with van der Waals surface area (Å²) in [7, 11) is -2.37. The van der Waals surface area contributed by atoms with Crippen molar-refractivity contribution < 1.29 is 8.85 Å². The Labute approximate surface area is 154 Å². The lowest BCUT2D eigenvalue weighted by atomic mass is 9.81. The van der Waals surface area contributed by atoms with Crippen LogP contribution in [-0.2, 0) is 28.1 Å². The maximum atomic E-state index is 7.02. The van der Waals surface area contributed by atoms with Gasteiger partial charge >= 0.3 is 8.56 Å². The lowest BCUT2D eigenvalue weighted by Gasteiger charge is -2.45. The van der Waals surface area contributed by atoms with Crippen molar-refractivity contribution in [3.63, 3.8) is 0 Å². The molecule has 0 unspecified atom stereocenters. The van der Waals surface area contributed by atoms with E-state index in [1.165, 1.54) is 36.8 Å². The van der Waals surface area contributed by atoms with Gasteiger partial charge in [-0.3, -0.25) is 0 Å². The first-order valence-electron chi connectivity index (χ1n) is 10.1. The lowest BCUT2D eigenvalue weighted by Crippen LogP contribution is -2.54.